The molecule has 3 bridgehead atoms. The fourth-order valence-corrected chi connectivity index (χ4v) is 6.34. The van der Waals surface area contributed by atoms with E-state index in [0.29, 0.717) is 24.2 Å². The molecule has 2 aromatic rings. The Morgan fingerprint density at radius 3 is 2.85 bits per heavy atom. The standard InChI is InChI=1S/C22H26N2O3/c25-20(26)19(9-15-12-23-18-4-2-1-3-17(15)18)24-21(27)22-10-13-5-6-16(22)8-14(7-13)11-22/h1-4,12-14,16,19,23H,5-11H2,(H,24,27)(H,25,26)/t13-,14-,16-,19-,22+/m1/s1. The van der Waals surface area contributed by atoms with E-state index in [4.69, 9.17) is 0 Å². The number of carbonyl (C=O) groups excluding carboxylic acids is 1. The molecular weight excluding hydrogens is 340 g/mol. The lowest BCUT2D eigenvalue weighted by Gasteiger charge is -2.44. The number of rotatable bonds is 5. The van der Waals surface area contributed by atoms with Gasteiger partial charge in [-0.15, -0.1) is 0 Å². The van der Waals surface area contributed by atoms with E-state index in [0.717, 1.165) is 42.1 Å². The van der Waals surface area contributed by atoms with Crippen LogP contribution in [0, 0.1) is 23.2 Å². The molecule has 1 heterocycles. The molecule has 3 aliphatic rings. The van der Waals surface area contributed by atoms with Gasteiger partial charge in [-0.3, -0.25) is 4.79 Å². The average molecular weight is 366 g/mol. The van der Waals surface area contributed by atoms with Gasteiger partial charge in [0, 0.05) is 23.5 Å². The van der Waals surface area contributed by atoms with E-state index in [9.17, 15) is 14.7 Å². The summed E-state index contributed by atoms with van der Waals surface area (Å²) in [5.41, 5.74) is 1.62. The topological polar surface area (TPSA) is 82.2 Å². The number of carboxylic acid groups (broad SMARTS) is 1. The number of para-hydroxylation sites is 1. The molecule has 1 aromatic carbocycles. The highest BCUT2D eigenvalue weighted by Crippen LogP contribution is 2.62. The molecule has 3 fully saturated rings. The number of carbonyl (C=O) groups is 2. The summed E-state index contributed by atoms with van der Waals surface area (Å²) >= 11 is 0. The first kappa shape index (κ1) is 16.8. The second-order valence-corrected chi connectivity index (χ2v) is 8.97. The van der Waals surface area contributed by atoms with E-state index < -0.39 is 12.0 Å². The number of aromatic nitrogens is 1. The van der Waals surface area contributed by atoms with Gasteiger partial charge < -0.3 is 15.4 Å². The predicted molar refractivity (Wildman–Crippen MR) is 102 cm³/mol. The van der Waals surface area contributed by atoms with Crippen LogP contribution in [0.5, 0.6) is 0 Å². The van der Waals surface area contributed by atoms with Crippen LogP contribution < -0.4 is 5.32 Å². The Kier molecular flexibility index (Phi) is 3.81. The normalized spacial score (nSPS) is 32.5. The second-order valence-electron chi connectivity index (χ2n) is 8.97. The van der Waals surface area contributed by atoms with Crippen LogP contribution in [0.15, 0.2) is 30.5 Å². The van der Waals surface area contributed by atoms with Gasteiger partial charge in [0.25, 0.3) is 0 Å². The Labute approximate surface area is 158 Å². The van der Waals surface area contributed by atoms with Gasteiger partial charge in [-0.2, -0.15) is 0 Å². The number of hydrogen-bond acceptors (Lipinski definition) is 2. The minimum atomic E-state index is -0.958. The molecule has 0 saturated heterocycles. The number of aromatic amines is 1. The summed E-state index contributed by atoms with van der Waals surface area (Å²) in [5, 5.41) is 13.7. The summed E-state index contributed by atoms with van der Waals surface area (Å²) in [6.07, 6.45) is 8.88. The van der Waals surface area contributed by atoms with Gasteiger partial charge in [-0.25, -0.2) is 4.79 Å². The van der Waals surface area contributed by atoms with Crippen molar-refractivity contribution in [3.63, 3.8) is 0 Å². The van der Waals surface area contributed by atoms with Crippen molar-refractivity contribution in [2.75, 3.05) is 0 Å². The molecule has 142 valence electrons. The van der Waals surface area contributed by atoms with Crippen LogP contribution >= 0.6 is 0 Å². The zero-order chi connectivity index (χ0) is 18.6. The molecule has 3 aliphatic carbocycles. The van der Waals surface area contributed by atoms with Crippen LogP contribution in [-0.2, 0) is 16.0 Å². The third-order valence-corrected chi connectivity index (χ3v) is 7.45. The first-order valence-corrected chi connectivity index (χ1v) is 10.1. The zero-order valence-corrected chi connectivity index (χ0v) is 15.4. The molecule has 1 aromatic heterocycles. The van der Waals surface area contributed by atoms with Crippen molar-refractivity contribution >= 4 is 22.8 Å². The quantitative estimate of drug-likeness (QED) is 0.757. The van der Waals surface area contributed by atoms with Crippen LogP contribution in [0.25, 0.3) is 10.9 Å². The molecule has 27 heavy (non-hydrogen) atoms. The van der Waals surface area contributed by atoms with Gasteiger partial charge in [0.1, 0.15) is 6.04 Å². The second kappa shape index (κ2) is 6.11. The molecule has 0 aliphatic heterocycles. The van der Waals surface area contributed by atoms with Crippen LogP contribution in [0.3, 0.4) is 0 Å². The number of H-pyrrole nitrogens is 1. The van der Waals surface area contributed by atoms with Gasteiger partial charge in [-0.05, 0) is 61.5 Å². The number of aliphatic carboxylic acids is 1. The van der Waals surface area contributed by atoms with Crippen LogP contribution in [0.4, 0.5) is 0 Å². The van der Waals surface area contributed by atoms with Crippen LogP contribution in [0.2, 0.25) is 0 Å². The third-order valence-electron chi connectivity index (χ3n) is 7.45. The summed E-state index contributed by atoms with van der Waals surface area (Å²) in [7, 11) is 0. The first-order chi connectivity index (χ1) is 13.0. The summed E-state index contributed by atoms with van der Waals surface area (Å²) < 4.78 is 0. The molecule has 5 rings (SSSR count). The molecule has 1 amide bonds. The molecular formula is C22H26N2O3. The maximum absolute atomic E-state index is 13.3. The summed E-state index contributed by atoms with van der Waals surface area (Å²) in [6.45, 7) is 0. The monoisotopic (exact) mass is 366 g/mol. The van der Waals surface area contributed by atoms with Crippen molar-refractivity contribution < 1.29 is 14.7 Å². The smallest absolute Gasteiger partial charge is 0.326 e. The van der Waals surface area contributed by atoms with Crippen molar-refractivity contribution in [3.8, 4) is 0 Å². The number of amides is 1. The Morgan fingerprint density at radius 2 is 2.00 bits per heavy atom. The molecule has 0 radical (unpaired) electrons. The number of hydrogen-bond donors (Lipinski definition) is 3. The number of benzene rings is 1. The van der Waals surface area contributed by atoms with Crippen LogP contribution in [0.1, 0.15) is 44.1 Å². The minimum absolute atomic E-state index is 0.00774. The lowest BCUT2D eigenvalue weighted by Crippen LogP contribution is -2.53. The van der Waals surface area contributed by atoms with E-state index in [1.165, 1.54) is 12.8 Å². The summed E-state index contributed by atoms with van der Waals surface area (Å²) in [6, 6.07) is 6.98. The molecule has 5 nitrogen and oxygen atoms in total. The molecule has 3 saturated carbocycles. The molecule has 0 spiro atoms. The van der Waals surface area contributed by atoms with E-state index in [-0.39, 0.29) is 11.3 Å². The molecule has 0 unspecified atom stereocenters. The van der Waals surface area contributed by atoms with Gasteiger partial charge in [0.15, 0.2) is 0 Å². The largest absolute Gasteiger partial charge is 0.480 e. The number of nitrogens with one attached hydrogen (secondary N) is 2. The van der Waals surface area contributed by atoms with E-state index in [1.807, 2.05) is 30.5 Å². The van der Waals surface area contributed by atoms with Crippen molar-refractivity contribution in [2.24, 2.45) is 23.2 Å². The van der Waals surface area contributed by atoms with E-state index >= 15 is 0 Å². The van der Waals surface area contributed by atoms with E-state index in [1.54, 1.807) is 0 Å². The minimum Gasteiger partial charge on any atom is -0.480 e. The Hall–Kier alpha value is -2.30. The summed E-state index contributed by atoms with van der Waals surface area (Å²) in [5.74, 6) is 0.806. The molecule has 3 N–H and O–H groups in total. The summed E-state index contributed by atoms with van der Waals surface area (Å²) in [4.78, 5) is 28.4. The average Bonchev–Trinajstić information content (AvgIpc) is 3.12. The Balaban J connectivity index is 1.37. The number of fused-ring (bicyclic) bond motifs is 3. The highest BCUT2D eigenvalue weighted by molar-refractivity contribution is 5.89. The lowest BCUT2D eigenvalue weighted by molar-refractivity contribution is -0.146. The highest BCUT2D eigenvalue weighted by Gasteiger charge is 2.58. The highest BCUT2D eigenvalue weighted by atomic mass is 16.4. The first-order valence-electron chi connectivity index (χ1n) is 10.1. The fourth-order valence-electron chi connectivity index (χ4n) is 6.34. The van der Waals surface area contributed by atoms with Gasteiger partial charge in [0.2, 0.25) is 5.91 Å². The fraction of sp³-hybridized carbons (Fsp3) is 0.545. The van der Waals surface area contributed by atoms with Crippen molar-refractivity contribution in [1.82, 2.24) is 10.3 Å². The van der Waals surface area contributed by atoms with Crippen molar-refractivity contribution in [3.05, 3.63) is 36.0 Å². The van der Waals surface area contributed by atoms with Crippen molar-refractivity contribution in [1.29, 1.82) is 0 Å². The Bertz CT molecular complexity index is 904. The lowest BCUT2D eigenvalue weighted by atomic mass is 9.61. The third kappa shape index (κ3) is 2.67. The van der Waals surface area contributed by atoms with Gasteiger partial charge in [0.05, 0.1) is 5.41 Å². The zero-order valence-electron chi connectivity index (χ0n) is 15.4. The number of carboxylic acids is 1. The maximum atomic E-state index is 13.3. The predicted octanol–water partition coefficient (Wildman–Crippen LogP) is 3.50. The SMILES string of the molecule is O=C(O)[C@@H](Cc1c[nH]c2ccccc12)NC(=O)[C@]12C[C@@H]3CC[C@@H]1C[C@@H](C3)C2. The molecule has 5 atom stereocenters. The molecule has 5 heteroatoms. The Morgan fingerprint density at radius 1 is 1.19 bits per heavy atom. The van der Waals surface area contributed by atoms with E-state index in [2.05, 4.69) is 10.3 Å². The van der Waals surface area contributed by atoms with Crippen molar-refractivity contribution in [2.45, 2.75) is 51.0 Å². The van der Waals surface area contributed by atoms with Gasteiger partial charge in [-0.1, -0.05) is 24.6 Å². The van der Waals surface area contributed by atoms with Crippen LogP contribution in [-0.4, -0.2) is 28.0 Å². The van der Waals surface area contributed by atoms with Gasteiger partial charge >= 0.3 is 5.97 Å². The maximum Gasteiger partial charge on any atom is 0.326 e.